The monoisotopic (exact) mass is 516 g/mol. The van der Waals surface area contributed by atoms with Gasteiger partial charge in [-0.1, -0.05) is 18.2 Å². The second-order valence-corrected chi connectivity index (χ2v) is 9.32. The van der Waals surface area contributed by atoms with Gasteiger partial charge in [0.15, 0.2) is 5.69 Å². The Balaban J connectivity index is 1.66. The van der Waals surface area contributed by atoms with Gasteiger partial charge in [0.25, 0.3) is 5.91 Å². The minimum atomic E-state index is -4.91. The second-order valence-electron chi connectivity index (χ2n) is 9.32. The summed E-state index contributed by atoms with van der Waals surface area (Å²) in [6.45, 7) is 6.93. The highest BCUT2D eigenvalue weighted by molar-refractivity contribution is 6.35. The predicted molar refractivity (Wildman–Crippen MR) is 133 cm³/mol. The SMILES string of the molecule is C[C@@H](CC(=N)C(=O)OC(C)(C)C)Nc1ccc(NC(=O)c2nc(-c3ccccc3)oc2C(F)(F)F)cc1. The first kappa shape index (κ1) is 27.4. The summed E-state index contributed by atoms with van der Waals surface area (Å²) < 4.78 is 50.6. The zero-order valence-electron chi connectivity index (χ0n) is 20.7. The lowest BCUT2D eigenvalue weighted by atomic mass is 10.1. The van der Waals surface area contributed by atoms with Gasteiger partial charge in [0.1, 0.15) is 11.3 Å². The molecule has 3 N–H and O–H groups in total. The van der Waals surface area contributed by atoms with E-state index in [9.17, 15) is 22.8 Å². The predicted octanol–water partition coefficient (Wildman–Crippen LogP) is 6.16. The first-order valence-electron chi connectivity index (χ1n) is 11.3. The van der Waals surface area contributed by atoms with Crippen molar-refractivity contribution in [3.05, 3.63) is 66.1 Å². The normalized spacial score (nSPS) is 12.5. The number of nitrogens with one attached hydrogen (secondary N) is 3. The summed E-state index contributed by atoms with van der Waals surface area (Å²) in [4.78, 5) is 28.4. The number of ether oxygens (including phenoxy) is 1. The largest absolute Gasteiger partial charge is 0.456 e. The molecule has 1 amide bonds. The number of hydrogen-bond acceptors (Lipinski definition) is 7. The highest BCUT2D eigenvalue weighted by Crippen LogP contribution is 2.35. The molecule has 1 aromatic heterocycles. The number of oxazole rings is 1. The lowest BCUT2D eigenvalue weighted by Gasteiger charge is -2.21. The van der Waals surface area contributed by atoms with Crippen LogP contribution in [-0.2, 0) is 15.7 Å². The van der Waals surface area contributed by atoms with E-state index < -0.39 is 35.1 Å². The Morgan fingerprint density at radius 2 is 1.62 bits per heavy atom. The van der Waals surface area contributed by atoms with E-state index in [1.54, 1.807) is 58.0 Å². The van der Waals surface area contributed by atoms with Crippen LogP contribution in [0.25, 0.3) is 11.5 Å². The van der Waals surface area contributed by atoms with Crippen molar-refractivity contribution in [3.63, 3.8) is 0 Å². The summed E-state index contributed by atoms with van der Waals surface area (Å²) in [5.74, 6) is -3.56. The first-order valence-corrected chi connectivity index (χ1v) is 11.3. The molecule has 0 bridgehead atoms. The molecule has 0 saturated heterocycles. The first-order chi connectivity index (χ1) is 17.2. The van der Waals surface area contributed by atoms with Crippen molar-refractivity contribution in [1.29, 1.82) is 5.41 Å². The maximum absolute atomic E-state index is 13.5. The summed E-state index contributed by atoms with van der Waals surface area (Å²) in [6, 6.07) is 13.9. The zero-order chi connectivity index (χ0) is 27.4. The Bertz CT molecular complexity index is 1260. The van der Waals surface area contributed by atoms with Crippen LogP contribution in [0.4, 0.5) is 24.5 Å². The standard InChI is InChI=1S/C26H27F3N4O4/c1-15(14-19(30)24(35)37-25(2,3)4)31-17-10-12-18(13-11-17)32-22(34)20-21(26(27,28)29)36-23(33-20)16-8-6-5-7-9-16/h5-13,15,30-31H,14H2,1-4H3,(H,32,34)/t15-/m0/s1. The van der Waals surface area contributed by atoms with E-state index in [0.717, 1.165) is 0 Å². The number of hydrogen-bond donors (Lipinski definition) is 3. The third kappa shape index (κ3) is 7.66. The number of nitrogens with zero attached hydrogens (tertiary/aromatic N) is 1. The molecule has 0 saturated carbocycles. The number of halogens is 3. The fourth-order valence-electron chi connectivity index (χ4n) is 3.28. The van der Waals surface area contributed by atoms with Crippen molar-refractivity contribution >= 4 is 29.0 Å². The smallest absolute Gasteiger partial charge is 0.452 e. The van der Waals surface area contributed by atoms with Crippen LogP contribution in [0.1, 0.15) is 50.4 Å². The minimum Gasteiger partial charge on any atom is -0.456 e. The number of anilines is 2. The molecule has 0 radical (unpaired) electrons. The van der Waals surface area contributed by atoms with Gasteiger partial charge in [-0.2, -0.15) is 13.2 Å². The molecular formula is C26H27F3N4O4. The molecule has 0 aliphatic heterocycles. The summed E-state index contributed by atoms with van der Waals surface area (Å²) in [6.07, 6.45) is -4.80. The van der Waals surface area contributed by atoms with Gasteiger partial charge < -0.3 is 19.8 Å². The van der Waals surface area contributed by atoms with E-state index in [1.807, 2.05) is 0 Å². The van der Waals surface area contributed by atoms with Gasteiger partial charge in [-0.15, -0.1) is 0 Å². The van der Waals surface area contributed by atoms with Crippen LogP contribution in [0, 0.1) is 5.41 Å². The van der Waals surface area contributed by atoms with Gasteiger partial charge in [-0.3, -0.25) is 10.2 Å². The van der Waals surface area contributed by atoms with E-state index in [2.05, 4.69) is 15.6 Å². The van der Waals surface area contributed by atoms with Crippen LogP contribution in [-0.4, -0.2) is 34.2 Å². The number of aromatic nitrogens is 1. The molecular weight excluding hydrogens is 489 g/mol. The number of alkyl halides is 3. The summed E-state index contributed by atoms with van der Waals surface area (Å²) in [5, 5.41) is 13.4. The topological polar surface area (TPSA) is 117 Å². The number of carbonyl (C=O) groups is 2. The van der Waals surface area contributed by atoms with E-state index in [-0.39, 0.29) is 29.8 Å². The third-order valence-electron chi connectivity index (χ3n) is 4.83. The van der Waals surface area contributed by atoms with Gasteiger partial charge in [-0.25, -0.2) is 9.78 Å². The average molecular weight is 517 g/mol. The Morgan fingerprint density at radius 1 is 1.03 bits per heavy atom. The number of carbonyl (C=O) groups excluding carboxylic acids is 2. The molecule has 2 aromatic carbocycles. The van der Waals surface area contributed by atoms with E-state index in [1.165, 1.54) is 24.3 Å². The maximum atomic E-state index is 13.5. The average Bonchev–Trinajstić information content (AvgIpc) is 3.26. The Morgan fingerprint density at radius 3 is 2.19 bits per heavy atom. The molecule has 11 heteroatoms. The number of amides is 1. The van der Waals surface area contributed by atoms with Gasteiger partial charge >= 0.3 is 12.1 Å². The van der Waals surface area contributed by atoms with Crippen molar-refractivity contribution in [3.8, 4) is 11.5 Å². The van der Waals surface area contributed by atoms with Crippen LogP contribution in [0.2, 0.25) is 0 Å². The summed E-state index contributed by atoms with van der Waals surface area (Å²) in [7, 11) is 0. The van der Waals surface area contributed by atoms with Crippen LogP contribution in [0.5, 0.6) is 0 Å². The molecule has 1 atom stereocenters. The summed E-state index contributed by atoms with van der Waals surface area (Å²) >= 11 is 0. The van der Waals surface area contributed by atoms with Gasteiger partial charge in [-0.05, 0) is 64.1 Å². The number of benzene rings is 2. The quantitative estimate of drug-likeness (QED) is 0.244. The molecule has 0 aliphatic carbocycles. The zero-order valence-corrected chi connectivity index (χ0v) is 20.7. The third-order valence-corrected chi connectivity index (χ3v) is 4.83. The molecule has 0 spiro atoms. The molecule has 3 aromatic rings. The van der Waals surface area contributed by atoms with Gasteiger partial charge in [0.05, 0.1) is 0 Å². The molecule has 37 heavy (non-hydrogen) atoms. The van der Waals surface area contributed by atoms with E-state index in [4.69, 9.17) is 14.6 Å². The molecule has 0 unspecified atom stereocenters. The van der Waals surface area contributed by atoms with Crippen molar-refractivity contribution in [2.75, 3.05) is 10.6 Å². The Labute approximate surface area is 211 Å². The molecule has 0 fully saturated rings. The number of esters is 1. The molecule has 196 valence electrons. The molecule has 1 heterocycles. The lowest BCUT2D eigenvalue weighted by Crippen LogP contribution is -2.31. The molecule has 8 nitrogen and oxygen atoms in total. The van der Waals surface area contributed by atoms with Crippen molar-refractivity contribution < 1.29 is 31.9 Å². The van der Waals surface area contributed by atoms with Gasteiger partial charge in [0.2, 0.25) is 11.7 Å². The van der Waals surface area contributed by atoms with Crippen LogP contribution in [0.15, 0.2) is 59.0 Å². The van der Waals surface area contributed by atoms with Crippen molar-refractivity contribution in [1.82, 2.24) is 4.98 Å². The highest BCUT2D eigenvalue weighted by atomic mass is 19.4. The fourth-order valence-corrected chi connectivity index (χ4v) is 3.28. The van der Waals surface area contributed by atoms with Crippen LogP contribution in [0.3, 0.4) is 0 Å². The molecule has 3 rings (SSSR count). The number of rotatable bonds is 8. The van der Waals surface area contributed by atoms with Crippen LogP contribution >= 0.6 is 0 Å². The molecule has 0 aliphatic rings. The maximum Gasteiger partial charge on any atom is 0.452 e. The Kier molecular flexibility index (Phi) is 8.05. The second kappa shape index (κ2) is 10.9. The van der Waals surface area contributed by atoms with Crippen LogP contribution < -0.4 is 10.6 Å². The van der Waals surface area contributed by atoms with E-state index >= 15 is 0 Å². The summed E-state index contributed by atoms with van der Waals surface area (Å²) in [5.41, 5.74) is -0.592. The minimum absolute atomic E-state index is 0.115. The van der Waals surface area contributed by atoms with E-state index in [0.29, 0.717) is 11.3 Å². The highest BCUT2D eigenvalue weighted by Gasteiger charge is 2.42. The van der Waals surface area contributed by atoms with Gasteiger partial charge in [0, 0.05) is 29.4 Å². The Hall–Kier alpha value is -4.15. The fraction of sp³-hybridized carbons (Fsp3) is 0.308. The lowest BCUT2D eigenvalue weighted by molar-refractivity contribution is -0.153. The van der Waals surface area contributed by atoms with Crippen molar-refractivity contribution in [2.45, 2.75) is 51.9 Å². The van der Waals surface area contributed by atoms with Crippen molar-refractivity contribution in [2.24, 2.45) is 0 Å².